The number of sulfone groups is 1. The van der Waals surface area contributed by atoms with Crippen molar-refractivity contribution in [3.05, 3.63) is 35.4 Å². The zero-order chi connectivity index (χ0) is 17.6. The molecule has 0 aliphatic heterocycles. The van der Waals surface area contributed by atoms with E-state index in [4.69, 9.17) is 4.74 Å². The fraction of sp³-hybridized carbons (Fsp3) is 0.357. The first-order valence-electron chi connectivity index (χ1n) is 6.49. The maximum Gasteiger partial charge on any atom is 0.413 e. The van der Waals surface area contributed by atoms with E-state index in [1.165, 1.54) is 25.1 Å². The van der Waals surface area contributed by atoms with Crippen LogP contribution in [0.3, 0.4) is 0 Å². The second kappa shape index (κ2) is 7.73. The summed E-state index contributed by atoms with van der Waals surface area (Å²) in [6.07, 6.45) is -1.11. The van der Waals surface area contributed by atoms with E-state index in [-0.39, 0.29) is 11.3 Å². The van der Waals surface area contributed by atoms with Gasteiger partial charge in [0.05, 0.1) is 18.4 Å². The minimum Gasteiger partial charge on any atom is -0.453 e. The quantitative estimate of drug-likeness (QED) is 0.781. The van der Waals surface area contributed by atoms with Gasteiger partial charge in [-0.15, -0.1) is 0 Å². The van der Waals surface area contributed by atoms with Crippen molar-refractivity contribution in [2.45, 2.75) is 18.8 Å². The number of alkyl carbamates (subject to hydrolysis) is 1. The van der Waals surface area contributed by atoms with E-state index in [1.54, 1.807) is 6.07 Å². The van der Waals surface area contributed by atoms with Crippen LogP contribution < -0.4 is 5.32 Å². The van der Waals surface area contributed by atoms with Crippen molar-refractivity contribution in [3.8, 4) is 0 Å². The summed E-state index contributed by atoms with van der Waals surface area (Å²) in [7, 11) is -2.15. The predicted octanol–water partition coefficient (Wildman–Crippen LogP) is 0.659. The molecule has 1 aromatic rings. The summed E-state index contributed by atoms with van der Waals surface area (Å²) in [5.74, 6) is -1.86. The van der Waals surface area contributed by atoms with Crippen LogP contribution in [0.4, 0.5) is 4.79 Å². The van der Waals surface area contributed by atoms with Gasteiger partial charge in [-0.3, -0.25) is 10.1 Å². The number of esters is 1. The molecule has 1 N–H and O–H groups in total. The number of hydrogen-bond acceptors (Lipinski definition) is 7. The molecule has 8 nitrogen and oxygen atoms in total. The topological polar surface area (TPSA) is 116 Å². The number of methoxy groups -OCH3 is 1. The molecule has 1 atom stereocenters. The molecule has 2 amide bonds. The number of hydrogen-bond donors (Lipinski definition) is 1. The first-order valence-corrected chi connectivity index (χ1v) is 8.55. The molecule has 9 heteroatoms. The molecular formula is C14H17NO7S. The Bertz CT molecular complexity index is 712. The summed E-state index contributed by atoms with van der Waals surface area (Å²) in [5, 5.41) is 1.87. The van der Waals surface area contributed by atoms with Crippen LogP contribution in [0.2, 0.25) is 0 Å². The number of imide groups is 1. The van der Waals surface area contributed by atoms with Gasteiger partial charge in [0.25, 0.3) is 5.91 Å². The van der Waals surface area contributed by atoms with Crippen molar-refractivity contribution in [2.75, 3.05) is 13.4 Å². The van der Waals surface area contributed by atoms with Crippen LogP contribution in [0.25, 0.3) is 0 Å². The van der Waals surface area contributed by atoms with Gasteiger partial charge < -0.3 is 9.47 Å². The largest absolute Gasteiger partial charge is 0.453 e. The fourth-order valence-corrected chi connectivity index (χ4v) is 2.41. The maximum absolute atomic E-state index is 12.0. The minimum absolute atomic E-state index is 0.101. The number of benzene rings is 1. The number of ether oxygens (including phenoxy) is 2. The zero-order valence-electron chi connectivity index (χ0n) is 12.9. The van der Waals surface area contributed by atoms with Gasteiger partial charge in [-0.05, 0) is 24.6 Å². The van der Waals surface area contributed by atoms with Gasteiger partial charge in [0.2, 0.25) is 0 Å². The highest BCUT2D eigenvalue weighted by Crippen LogP contribution is 2.11. The molecule has 1 rings (SSSR count). The van der Waals surface area contributed by atoms with Crippen molar-refractivity contribution in [3.63, 3.8) is 0 Å². The van der Waals surface area contributed by atoms with Crippen molar-refractivity contribution >= 4 is 27.8 Å². The Morgan fingerprint density at radius 1 is 1.26 bits per heavy atom. The van der Waals surface area contributed by atoms with Gasteiger partial charge in [0.15, 0.2) is 15.9 Å². The third kappa shape index (κ3) is 6.47. The molecule has 1 aromatic carbocycles. The van der Waals surface area contributed by atoms with Crippen LogP contribution in [0.15, 0.2) is 24.3 Å². The van der Waals surface area contributed by atoms with E-state index in [1.807, 2.05) is 5.32 Å². The summed E-state index contributed by atoms with van der Waals surface area (Å²) in [4.78, 5) is 34.4. The Morgan fingerprint density at radius 3 is 2.48 bits per heavy atom. The lowest BCUT2D eigenvalue weighted by Crippen LogP contribution is -2.39. The number of carbonyl (C=O) groups is 3. The summed E-state index contributed by atoms with van der Waals surface area (Å²) in [6.45, 7) is 1.29. The summed E-state index contributed by atoms with van der Waals surface area (Å²) >= 11 is 0. The molecule has 0 saturated heterocycles. The average Bonchev–Trinajstić information content (AvgIpc) is 2.45. The molecule has 0 aromatic heterocycles. The van der Waals surface area contributed by atoms with Crippen LogP contribution in [0.5, 0.6) is 0 Å². The molecular weight excluding hydrogens is 326 g/mol. The SMILES string of the molecule is COC(=O)NC(=O)[C@H](C)OC(=O)c1cccc(CS(C)(=O)=O)c1. The number of amides is 2. The summed E-state index contributed by atoms with van der Waals surface area (Å²) in [6, 6.07) is 5.87. The van der Waals surface area contributed by atoms with E-state index in [0.29, 0.717) is 5.56 Å². The van der Waals surface area contributed by atoms with Gasteiger partial charge >= 0.3 is 12.1 Å². The van der Waals surface area contributed by atoms with Crippen molar-refractivity contribution < 1.29 is 32.3 Å². The first kappa shape index (κ1) is 18.6. The van der Waals surface area contributed by atoms with Gasteiger partial charge in [-0.2, -0.15) is 0 Å². The van der Waals surface area contributed by atoms with E-state index in [0.717, 1.165) is 13.4 Å². The smallest absolute Gasteiger partial charge is 0.413 e. The van der Waals surface area contributed by atoms with Crippen LogP contribution in [-0.2, 0) is 29.9 Å². The van der Waals surface area contributed by atoms with Gasteiger partial charge in [-0.1, -0.05) is 12.1 Å². The van der Waals surface area contributed by atoms with Crippen LogP contribution in [0.1, 0.15) is 22.8 Å². The Balaban J connectivity index is 2.76. The molecule has 0 heterocycles. The Kier molecular flexibility index (Phi) is 6.26. The summed E-state index contributed by atoms with van der Waals surface area (Å²) in [5.41, 5.74) is 0.525. The van der Waals surface area contributed by atoms with Crippen LogP contribution in [0, 0.1) is 0 Å². The van der Waals surface area contributed by atoms with E-state index in [2.05, 4.69) is 4.74 Å². The maximum atomic E-state index is 12.0. The standard InChI is InChI=1S/C14H17NO7S/c1-9(12(16)15-14(18)21-2)22-13(17)11-6-4-5-10(7-11)8-23(3,19)20/h4-7,9H,8H2,1-3H3,(H,15,16,18)/t9-/m0/s1. The molecule has 0 fully saturated rings. The Labute approximate surface area is 133 Å². The Hall–Kier alpha value is -2.42. The third-order valence-corrected chi connectivity index (χ3v) is 3.51. The second-order valence-corrected chi connectivity index (χ2v) is 6.94. The highest BCUT2D eigenvalue weighted by atomic mass is 32.2. The van der Waals surface area contributed by atoms with Crippen molar-refractivity contribution in [1.29, 1.82) is 0 Å². The highest BCUT2D eigenvalue weighted by Gasteiger charge is 2.21. The lowest BCUT2D eigenvalue weighted by molar-refractivity contribution is -0.128. The van der Waals surface area contributed by atoms with E-state index < -0.39 is 33.9 Å². The van der Waals surface area contributed by atoms with E-state index in [9.17, 15) is 22.8 Å². The Morgan fingerprint density at radius 2 is 1.91 bits per heavy atom. The normalized spacial score (nSPS) is 12.1. The number of carbonyl (C=O) groups excluding carboxylic acids is 3. The molecule has 23 heavy (non-hydrogen) atoms. The molecule has 0 aliphatic carbocycles. The first-order chi connectivity index (χ1) is 10.6. The molecule has 126 valence electrons. The highest BCUT2D eigenvalue weighted by molar-refractivity contribution is 7.89. The van der Waals surface area contributed by atoms with Gasteiger partial charge in [0.1, 0.15) is 0 Å². The minimum atomic E-state index is -3.24. The molecule has 0 spiro atoms. The lowest BCUT2D eigenvalue weighted by Gasteiger charge is -2.12. The fourth-order valence-electron chi connectivity index (χ4n) is 1.63. The van der Waals surface area contributed by atoms with E-state index >= 15 is 0 Å². The third-order valence-electron chi connectivity index (χ3n) is 2.66. The molecule has 0 saturated carbocycles. The second-order valence-electron chi connectivity index (χ2n) is 4.80. The molecule has 0 radical (unpaired) electrons. The molecule has 0 unspecified atom stereocenters. The van der Waals surface area contributed by atoms with Crippen molar-refractivity contribution in [1.82, 2.24) is 5.32 Å². The zero-order valence-corrected chi connectivity index (χ0v) is 13.7. The number of nitrogens with one attached hydrogen (secondary N) is 1. The summed E-state index contributed by atoms with van der Waals surface area (Å²) < 4.78 is 31.7. The molecule has 0 aliphatic rings. The van der Waals surface area contributed by atoms with Crippen LogP contribution >= 0.6 is 0 Å². The van der Waals surface area contributed by atoms with Gasteiger partial charge in [-0.25, -0.2) is 18.0 Å². The lowest BCUT2D eigenvalue weighted by atomic mass is 10.1. The van der Waals surface area contributed by atoms with Gasteiger partial charge in [0, 0.05) is 6.26 Å². The predicted molar refractivity (Wildman–Crippen MR) is 80.4 cm³/mol. The number of rotatable bonds is 5. The monoisotopic (exact) mass is 343 g/mol. The van der Waals surface area contributed by atoms with Crippen LogP contribution in [-0.4, -0.2) is 45.9 Å². The van der Waals surface area contributed by atoms with Crippen molar-refractivity contribution in [2.24, 2.45) is 0 Å². The molecule has 0 bridgehead atoms. The average molecular weight is 343 g/mol.